The van der Waals surface area contributed by atoms with Crippen LogP contribution in [0.3, 0.4) is 0 Å². The number of rotatable bonds is 6. The molecule has 0 aliphatic carbocycles. The highest BCUT2D eigenvalue weighted by molar-refractivity contribution is 6.02. The first-order valence-electron chi connectivity index (χ1n) is 8.37. The zero-order valence-corrected chi connectivity index (χ0v) is 15.9. The molecule has 13 heteroatoms. The molecular formula is C18H16N4O9. The quantitative estimate of drug-likeness (QED) is 0.200. The molecule has 162 valence electrons. The first kappa shape index (κ1) is 22.6. The Hall–Kier alpha value is -4.68. The Morgan fingerprint density at radius 3 is 2.65 bits per heavy atom. The lowest BCUT2D eigenvalue weighted by atomic mass is 10.2. The minimum atomic E-state index is -1.02. The molecule has 2 aromatic rings. The molecule has 0 bridgehead atoms. The molecule has 2 heterocycles. The summed E-state index contributed by atoms with van der Waals surface area (Å²) in [6.45, 7) is -0.182. The van der Waals surface area contributed by atoms with Crippen molar-refractivity contribution in [1.82, 2.24) is 10.3 Å². The van der Waals surface area contributed by atoms with E-state index in [0.717, 1.165) is 23.4 Å². The lowest BCUT2D eigenvalue weighted by Gasteiger charge is -2.03. The van der Waals surface area contributed by atoms with E-state index in [1.54, 1.807) is 12.1 Å². The van der Waals surface area contributed by atoms with Crippen molar-refractivity contribution in [1.29, 1.82) is 0 Å². The molecule has 13 nitrogen and oxygen atoms in total. The number of carboxylic acid groups (broad SMARTS) is 1. The fraction of sp³-hybridized carbons (Fsp3) is 0.111. The molecule has 1 aliphatic rings. The predicted octanol–water partition coefficient (Wildman–Crippen LogP) is 1.57. The van der Waals surface area contributed by atoms with Crippen molar-refractivity contribution in [3.05, 3.63) is 57.8 Å². The second-order valence-electron chi connectivity index (χ2n) is 5.69. The number of carbonyl (C=O) groups is 3. The number of methoxy groups -OCH3 is 1. The van der Waals surface area contributed by atoms with Gasteiger partial charge in [-0.3, -0.25) is 20.2 Å². The third-order valence-corrected chi connectivity index (χ3v) is 3.51. The van der Waals surface area contributed by atoms with Crippen molar-refractivity contribution in [3.8, 4) is 11.5 Å². The summed E-state index contributed by atoms with van der Waals surface area (Å²) in [5.41, 5.74) is 0.655. The maximum atomic E-state index is 11.1. The maximum Gasteiger partial charge on any atom is 0.433 e. The smallest absolute Gasteiger partial charge is 0.433 e. The molecular weight excluding hydrogens is 416 g/mol. The van der Waals surface area contributed by atoms with Crippen LogP contribution < -0.4 is 10.1 Å². The highest BCUT2D eigenvalue weighted by Crippen LogP contribution is 2.26. The number of ether oxygens (including phenoxy) is 1. The number of imide groups is 1. The summed E-state index contributed by atoms with van der Waals surface area (Å²) in [6, 6.07) is 6.44. The Balaban J connectivity index is 0.000000225. The molecule has 1 aliphatic heterocycles. The molecule has 0 unspecified atom stereocenters. The molecule has 0 spiro atoms. The second-order valence-corrected chi connectivity index (χ2v) is 5.69. The Labute approximate surface area is 174 Å². The zero-order chi connectivity index (χ0) is 23.0. The zero-order valence-electron chi connectivity index (χ0n) is 15.9. The van der Waals surface area contributed by atoms with E-state index in [-0.39, 0.29) is 18.1 Å². The number of nitro groups is 1. The van der Waals surface area contributed by atoms with Gasteiger partial charge in [0.15, 0.2) is 17.3 Å². The standard InChI is InChI=1S/C10H10O4.C8H6N4O5/c1-14-9-6-7(2-4-8(9)11)3-5-10(12)13;13-6-4-11(8(14)10-6)9-3-5-1-2-7(17-5)12(15)16/h2-6,11H,1H3,(H,12,13);1-3H,4H2,(H,10,13,14)/b5-3+;9-3+. The van der Waals surface area contributed by atoms with Crippen molar-refractivity contribution in [2.75, 3.05) is 13.7 Å². The summed E-state index contributed by atoms with van der Waals surface area (Å²) in [5.74, 6) is -1.44. The number of furan rings is 1. The van der Waals surface area contributed by atoms with Gasteiger partial charge in [0.1, 0.15) is 11.5 Å². The molecule has 1 fully saturated rings. The van der Waals surface area contributed by atoms with E-state index in [2.05, 4.69) is 5.10 Å². The number of carbonyl (C=O) groups excluding carboxylic acids is 2. The molecule has 3 amide bonds. The van der Waals surface area contributed by atoms with E-state index in [0.29, 0.717) is 11.3 Å². The third-order valence-electron chi connectivity index (χ3n) is 3.51. The van der Waals surface area contributed by atoms with E-state index in [1.165, 1.54) is 25.3 Å². The van der Waals surface area contributed by atoms with Crippen molar-refractivity contribution in [2.24, 2.45) is 5.10 Å². The van der Waals surface area contributed by atoms with Crippen molar-refractivity contribution in [2.45, 2.75) is 0 Å². The highest BCUT2D eigenvalue weighted by Gasteiger charge is 2.26. The molecule has 0 saturated carbocycles. The van der Waals surface area contributed by atoms with Crippen LogP contribution in [0.4, 0.5) is 10.7 Å². The van der Waals surface area contributed by atoms with Crippen molar-refractivity contribution in [3.63, 3.8) is 0 Å². The van der Waals surface area contributed by atoms with Crippen molar-refractivity contribution < 1.29 is 38.7 Å². The number of aromatic hydroxyl groups is 1. The van der Waals surface area contributed by atoms with Gasteiger partial charge < -0.3 is 19.4 Å². The number of nitrogens with one attached hydrogen (secondary N) is 1. The summed E-state index contributed by atoms with van der Waals surface area (Å²) in [4.78, 5) is 41.7. The fourth-order valence-corrected chi connectivity index (χ4v) is 2.13. The maximum absolute atomic E-state index is 11.1. The topological polar surface area (TPSA) is 185 Å². The third kappa shape index (κ3) is 6.70. The van der Waals surface area contributed by atoms with Crippen LogP contribution in [0.15, 0.2) is 45.9 Å². The van der Waals surface area contributed by atoms with Crippen LogP contribution in [-0.4, -0.2) is 57.9 Å². The van der Waals surface area contributed by atoms with Gasteiger partial charge >= 0.3 is 17.9 Å². The van der Waals surface area contributed by atoms with Gasteiger partial charge in [-0.2, -0.15) is 5.10 Å². The Kier molecular flexibility index (Phi) is 7.44. The largest absolute Gasteiger partial charge is 0.504 e. The Morgan fingerprint density at radius 1 is 1.35 bits per heavy atom. The van der Waals surface area contributed by atoms with Crippen LogP contribution in [-0.2, 0) is 9.59 Å². The first-order chi connectivity index (χ1) is 14.7. The van der Waals surface area contributed by atoms with Gasteiger partial charge in [0.2, 0.25) is 5.91 Å². The number of urea groups is 1. The van der Waals surface area contributed by atoms with Gasteiger partial charge in [0.25, 0.3) is 0 Å². The predicted molar refractivity (Wildman–Crippen MR) is 105 cm³/mol. The van der Waals surface area contributed by atoms with Gasteiger partial charge in [-0.1, -0.05) is 6.07 Å². The summed E-state index contributed by atoms with van der Waals surface area (Å²) in [6.07, 6.45) is 3.56. The minimum absolute atomic E-state index is 0.0278. The van der Waals surface area contributed by atoms with Crippen LogP contribution in [0, 0.1) is 10.1 Å². The van der Waals surface area contributed by atoms with Crippen LogP contribution in [0.25, 0.3) is 6.08 Å². The van der Waals surface area contributed by atoms with Crippen LogP contribution in [0.1, 0.15) is 11.3 Å². The van der Waals surface area contributed by atoms with Gasteiger partial charge in [0.05, 0.1) is 19.4 Å². The number of aliphatic carboxylic acids is 1. The molecule has 3 rings (SSSR count). The average molecular weight is 432 g/mol. The van der Waals surface area contributed by atoms with Gasteiger partial charge in [0, 0.05) is 6.08 Å². The van der Waals surface area contributed by atoms with Crippen LogP contribution in [0.5, 0.6) is 11.5 Å². The van der Waals surface area contributed by atoms with Gasteiger partial charge in [-0.15, -0.1) is 0 Å². The number of hydrogen-bond donors (Lipinski definition) is 3. The van der Waals surface area contributed by atoms with Crippen LogP contribution in [0.2, 0.25) is 0 Å². The number of phenolic OH excluding ortho intramolecular Hbond substituents is 1. The SMILES string of the molecule is COc1cc(/C=C/C(=O)O)ccc1O.O=C1CN(/N=C/c2ccc([N+](=O)[O-])o2)C(=O)N1. The summed E-state index contributed by atoms with van der Waals surface area (Å²) >= 11 is 0. The number of benzene rings is 1. The van der Waals surface area contributed by atoms with E-state index in [1.807, 2.05) is 5.32 Å². The molecule has 31 heavy (non-hydrogen) atoms. The van der Waals surface area contributed by atoms with Gasteiger partial charge in [-0.05, 0) is 29.8 Å². The minimum Gasteiger partial charge on any atom is -0.504 e. The number of carboxylic acids is 1. The second kappa shape index (κ2) is 10.2. The number of hydrazone groups is 1. The molecule has 1 aromatic carbocycles. The van der Waals surface area contributed by atoms with Crippen molar-refractivity contribution >= 4 is 36.1 Å². The number of phenols is 1. The van der Waals surface area contributed by atoms with E-state index in [9.17, 15) is 29.6 Å². The monoisotopic (exact) mass is 432 g/mol. The highest BCUT2D eigenvalue weighted by atomic mass is 16.6. The van der Waals surface area contributed by atoms with E-state index in [4.69, 9.17) is 14.3 Å². The first-order valence-corrected chi connectivity index (χ1v) is 8.37. The molecule has 1 aromatic heterocycles. The van der Waals surface area contributed by atoms with Gasteiger partial charge in [-0.25, -0.2) is 14.6 Å². The molecule has 3 N–H and O–H groups in total. The number of hydrogen-bond acceptors (Lipinski definition) is 9. The average Bonchev–Trinajstić information content (AvgIpc) is 3.32. The summed E-state index contributed by atoms with van der Waals surface area (Å²) in [5, 5.41) is 34.5. The fourth-order valence-electron chi connectivity index (χ4n) is 2.13. The Bertz CT molecular complexity index is 1060. The summed E-state index contributed by atoms with van der Waals surface area (Å²) in [7, 11) is 1.43. The van der Waals surface area contributed by atoms with Crippen LogP contribution >= 0.6 is 0 Å². The lowest BCUT2D eigenvalue weighted by Crippen LogP contribution is -2.24. The Morgan fingerprint density at radius 2 is 2.10 bits per heavy atom. The summed E-state index contributed by atoms with van der Waals surface area (Å²) < 4.78 is 9.64. The normalized spacial score (nSPS) is 13.3. The molecule has 0 atom stereocenters. The number of nitrogens with zero attached hydrogens (tertiary/aromatic N) is 3. The van der Waals surface area contributed by atoms with E-state index < -0.39 is 28.7 Å². The molecule has 0 radical (unpaired) electrons. The molecule has 1 saturated heterocycles. The lowest BCUT2D eigenvalue weighted by molar-refractivity contribution is -0.402. The number of amides is 3. The van der Waals surface area contributed by atoms with E-state index >= 15 is 0 Å².